The Morgan fingerprint density at radius 2 is 0.923 bits per heavy atom. The van der Waals surface area contributed by atoms with Crippen LogP contribution in [-0.4, -0.2) is 35.3 Å². The van der Waals surface area contributed by atoms with E-state index < -0.39 is 0 Å². The van der Waals surface area contributed by atoms with Crippen molar-refractivity contribution in [1.82, 2.24) is 0 Å². The third-order valence-electron chi connectivity index (χ3n) is 4.84. The second kappa shape index (κ2) is 16.2. The number of nitrogens with two attached hydrogens (primary N) is 2. The second-order valence-electron chi connectivity index (χ2n) is 7.06. The van der Waals surface area contributed by atoms with Gasteiger partial charge in [-0.15, -0.1) is 24.8 Å². The Balaban J connectivity index is 0.00000312. The molecule has 0 radical (unpaired) electrons. The van der Waals surface area contributed by atoms with Gasteiger partial charge in [-0.2, -0.15) is 0 Å². The minimum atomic E-state index is 0. The average Bonchev–Trinajstić information content (AvgIpc) is 2.96. The highest BCUT2D eigenvalue weighted by Gasteiger charge is 2.12. The maximum atomic E-state index is 6.09. The Hall–Kier alpha value is 0.220. The molecule has 4 nitrogen and oxygen atoms in total. The fourth-order valence-electron chi connectivity index (χ4n) is 3.52. The van der Waals surface area contributed by atoms with E-state index in [0.717, 1.165) is 23.2 Å². The SMILES string of the molecule is Cl.Cl.NC(CSSCC(N)=NC1CCCCCC1)=NC1CCCCCC1. The highest BCUT2D eigenvalue weighted by atomic mass is 35.5. The summed E-state index contributed by atoms with van der Waals surface area (Å²) < 4.78 is 0. The average molecular weight is 444 g/mol. The summed E-state index contributed by atoms with van der Waals surface area (Å²) in [5.74, 6) is 3.16. The van der Waals surface area contributed by atoms with Crippen molar-refractivity contribution in [1.29, 1.82) is 0 Å². The molecule has 2 saturated carbocycles. The molecule has 0 unspecified atom stereocenters. The first-order valence-corrected chi connectivity index (χ1v) is 12.1. The largest absolute Gasteiger partial charge is 0.387 e. The number of amidine groups is 2. The first kappa shape index (κ1) is 26.2. The van der Waals surface area contributed by atoms with Gasteiger partial charge in [-0.1, -0.05) is 73.0 Å². The van der Waals surface area contributed by atoms with Crippen molar-refractivity contribution in [2.24, 2.45) is 21.5 Å². The van der Waals surface area contributed by atoms with E-state index >= 15 is 0 Å². The van der Waals surface area contributed by atoms with Crippen molar-refractivity contribution >= 4 is 58.1 Å². The Morgan fingerprint density at radius 1 is 0.615 bits per heavy atom. The number of nitrogens with zero attached hydrogens (tertiary/aromatic N) is 2. The molecule has 0 heterocycles. The lowest BCUT2D eigenvalue weighted by molar-refractivity contribution is 0.585. The van der Waals surface area contributed by atoms with Gasteiger partial charge in [-0.05, 0) is 25.7 Å². The molecule has 0 amide bonds. The maximum Gasteiger partial charge on any atom is 0.105 e. The van der Waals surface area contributed by atoms with Gasteiger partial charge in [0.2, 0.25) is 0 Å². The van der Waals surface area contributed by atoms with Crippen LogP contribution in [0.5, 0.6) is 0 Å². The molecule has 0 saturated heterocycles. The molecule has 2 aliphatic rings. The molecule has 0 aromatic heterocycles. The Morgan fingerprint density at radius 3 is 1.23 bits per heavy atom. The van der Waals surface area contributed by atoms with E-state index in [0.29, 0.717) is 12.1 Å². The van der Waals surface area contributed by atoms with E-state index in [1.165, 1.54) is 77.0 Å². The summed E-state index contributed by atoms with van der Waals surface area (Å²) in [5.41, 5.74) is 12.2. The van der Waals surface area contributed by atoms with Gasteiger partial charge in [0.1, 0.15) is 11.7 Å². The Kier molecular flexibility index (Phi) is 16.3. The molecule has 26 heavy (non-hydrogen) atoms. The lowest BCUT2D eigenvalue weighted by Gasteiger charge is -2.11. The van der Waals surface area contributed by atoms with Crippen LogP contribution in [0.4, 0.5) is 0 Å². The zero-order valence-electron chi connectivity index (χ0n) is 15.7. The number of hydrogen-bond acceptors (Lipinski definition) is 4. The first-order chi connectivity index (χ1) is 11.7. The van der Waals surface area contributed by atoms with Gasteiger partial charge in [0.05, 0.1) is 23.6 Å². The van der Waals surface area contributed by atoms with E-state index in [1.807, 2.05) is 0 Å². The van der Waals surface area contributed by atoms with Crippen molar-refractivity contribution in [3.8, 4) is 0 Å². The third-order valence-corrected chi connectivity index (χ3v) is 7.04. The summed E-state index contributed by atoms with van der Waals surface area (Å²) in [4.78, 5) is 9.43. The summed E-state index contributed by atoms with van der Waals surface area (Å²) in [6, 6.07) is 0.917. The monoisotopic (exact) mass is 442 g/mol. The van der Waals surface area contributed by atoms with Crippen LogP contribution in [0.1, 0.15) is 77.0 Å². The first-order valence-electron chi connectivity index (χ1n) is 9.63. The number of halogens is 2. The van der Waals surface area contributed by atoms with Gasteiger partial charge in [0.25, 0.3) is 0 Å². The molecule has 0 bridgehead atoms. The lowest BCUT2D eigenvalue weighted by atomic mass is 10.1. The zero-order chi connectivity index (χ0) is 17.0. The van der Waals surface area contributed by atoms with Crippen molar-refractivity contribution in [3.63, 3.8) is 0 Å². The number of aliphatic imine (C=N–C) groups is 2. The van der Waals surface area contributed by atoms with Crippen LogP contribution in [0.2, 0.25) is 0 Å². The molecule has 154 valence electrons. The molecule has 0 aliphatic heterocycles. The molecule has 2 fully saturated rings. The van der Waals surface area contributed by atoms with Gasteiger partial charge < -0.3 is 11.5 Å². The maximum absolute atomic E-state index is 6.09. The topological polar surface area (TPSA) is 76.8 Å². The number of rotatable bonds is 7. The fourth-order valence-corrected chi connectivity index (χ4v) is 5.30. The lowest BCUT2D eigenvalue weighted by Crippen LogP contribution is -2.20. The Labute approximate surface area is 179 Å². The van der Waals surface area contributed by atoms with Crippen LogP contribution in [0.15, 0.2) is 9.98 Å². The normalized spacial score (nSPS) is 21.2. The van der Waals surface area contributed by atoms with Crippen LogP contribution in [0.3, 0.4) is 0 Å². The fraction of sp³-hybridized carbons (Fsp3) is 0.889. The van der Waals surface area contributed by atoms with Gasteiger partial charge in [0, 0.05) is 0 Å². The van der Waals surface area contributed by atoms with Crippen LogP contribution >= 0.6 is 46.4 Å². The smallest absolute Gasteiger partial charge is 0.105 e. The van der Waals surface area contributed by atoms with Crippen LogP contribution < -0.4 is 11.5 Å². The number of hydrogen-bond donors (Lipinski definition) is 2. The molecular formula is C18H36Cl2N4S2. The highest BCUT2D eigenvalue weighted by molar-refractivity contribution is 8.77. The predicted octanol–water partition coefficient (Wildman–Crippen LogP) is 5.37. The van der Waals surface area contributed by atoms with Crippen LogP contribution in [-0.2, 0) is 0 Å². The molecule has 2 rings (SSSR count). The molecule has 2 aliphatic carbocycles. The van der Waals surface area contributed by atoms with E-state index in [2.05, 4.69) is 0 Å². The molecule has 4 N–H and O–H groups in total. The molecule has 8 heteroatoms. The quantitative estimate of drug-likeness (QED) is 0.182. The van der Waals surface area contributed by atoms with Gasteiger partial charge in [0.15, 0.2) is 0 Å². The summed E-state index contributed by atoms with van der Waals surface area (Å²) in [6.07, 6.45) is 15.5. The Bertz CT molecular complexity index is 368. The second-order valence-corrected chi connectivity index (χ2v) is 9.52. The van der Waals surface area contributed by atoms with Crippen molar-refractivity contribution in [2.75, 3.05) is 11.5 Å². The molecule has 0 atom stereocenters. The van der Waals surface area contributed by atoms with Crippen LogP contribution in [0, 0.1) is 0 Å². The molecule has 0 aromatic rings. The summed E-state index contributed by atoms with van der Waals surface area (Å²) in [5, 5.41) is 0. The van der Waals surface area contributed by atoms with Gasteiger partial charge >= 0.3 is 0 Å². The van der Waals surface area contributed by atoms with E-state index in [1.54, 1.807) is 21.6 Å². The standard InChI is InChI=1S/C18H34N4S2.2ClH/c19-17(21-15-9-5-1-2-6-10-15)13-23-24-14-18(20)22-16-11-7-3-4-8-12-16;;/h15-16H,1-14H2,(H2,19,21)(H2,20,22);2*1H. The minimum absolute atomic E-state index is 0. The van der Waals surface area contributed by atoms with Gasteiger partial charge in [-0.25, -0.2) is 0 Å². The van der Waals surface area contributed by atoms with Crippen LogP contribution in [0.25, 0.3) is 0 Å². The van der Waals surface area contributed by atoms with Crippen molar-refractivity contribution < 1.29 is 0 Å². The van der Waals surface area contributed by atoms with Gasteiger partial charge in [-0.3, -0.25) is 9.98 Å². The summed E-state index contributed by atoms with van der Waals surface area (Å²) in [7, 11) is 3.50. The van der Waals surface area contributed by atoms with E-state index in [9.17, 15) is 0 Å². The molecule has 0 aromatic carbocycles. The van der Waals surface area contributed by atoms with E-state index in [-0.39, 0.29) is 24.8 Å². The molecular weight excluding hydrogens is 407 g/mol. The zero-order valence-corrected chi connectivity index (χ0v) is 19.0. The van der Waals surface area contributed by atoms with Crippen molar-refractivity contribution in [2.45, 2.75) is 89.1 Å². The summed E-state index contributed by atoms with van der Waals surface area (Å²) >= 11 is 0. The van der Waals surface area contributed by atoms with Crippen molar-refractivity contribution in [3.05, 3.63) is 0 Å². The summed E-state index contributed by atoms with van der Waals surface area (Å²) in [6.45, 7) is 0. The molecule has 0 spiro atoms. The third kappa shape index (κ3) is 11.8. The minimum Gasteiger partial charge on any atom is -0.387 e. The van der Waals surface area contributed by atoms with E-state index in [4.69, 9.17) is 21.5 Å². The highest BCUT2D eigenvalue weighted by Crippen LogP contribution is 2.24. The predicted molar refractivity (Wildman–Crippen MR) is 126 cm³/mol.